The van der Waals surface area contributed by atoms with Crippen molar-refractivity contribution in [2.75, 3.05) is 30.9 Å². The van der Waals surface area contributed by atoms with E-state index in [0.29, 0.717) is 0 Å². The molecule has 1 N–H and O–H groups in total. The molecule has 0 unspecified atom stereocenters. The lowest BCUT2D eigenvalue weighted by atomic mass is 10.6. The number of hydrogen-bond acceptors (Lipinski definition) is 3. The quantitative estimate of drug-likeness (QED) is 0.498. The van der Waals surface area contributed by atoms with Gasteiger partial charge in [-0.3, -0.25) is 0 Å². The van der Waals surface area contributed by atoms with E-state index in [1.165, 1.54) is 24.6 Å². The monoisotopic (exact) mass is 151 g/mol. The molecule has 3 heteroatoms. The van der Waals surface area contributed by atoms with Crippen molar-refractivity contribution in [2.24, 2.45) is 0 Å². The van der Waals surface area contributed by atoms with Gasteiger partial charge in [-0.05, 0) is 6.26 Å². The van der Waals surface area contributed by atoms with Crippen molar-refractivity contribution < 1.29 is 0 Å². The van der Waals surface area contributed by atoms with Gasteiger partial charge in [0.1, 0.15) is 0 Å². The summed E-state index contributed by atoms with van der Waals surface area (Å²) in [5, 5.41) is 3.26. The number of hydrogen-bond donors (Lipinski definition) is 2. The van der Waals surface area contributed by atoms with Gasteiger partial charge in [-0.25, -0.2) is 0 Å². The molecular formula is C5H13NS2. The average molecular weight is 151 g/mol. The van der Waals surface area contributed by atoms with E-state index in [2.05, 4.69) is 17.9 Å². The molecule has 1 rings (SSSR count). The predicted molar refractivity (Wildman–Crippen MR) is 45.1 cm³/mol. The van der Waals surface area contributed by atoms with Crippen molar-refractivity contribution in [3.8, 4) is 0 Å². The fourth-order valence-electron chi connectivity index (χ4n) is 0.516. The van der Waals surface area contributed by atoms with Crippen molar-refractivity contribution in [1.82, 2.24) is 5.32 Å². The van der Waals surface area contributed by atoms with Crippen LogP contribution in [0.2, 0.25) is 0 Å². The van der Waals surface area contributed by atoms with Crippen LogP contribution in [0.4, 0.5) is 0 Å². The molecule has 1 aliphatic heterocycles. The Morgan fingerprint density at radius 2 is 1.75 bits per heavy atom. The molecule has 0 amide bonds. The molecular weight excluding hydrogens is 138 g/mol. The highest BCUT2D eigenvalue weighted by atomic mass is 32.2. The summed E-state index contributed by atoms with van der Waals surface area (Å²) >= 11 is 5.56. The maximum Gasteiger partial charge on any atom is 0.00585 e. The first-order valence-electron chi connectivity index (χ1n) is 2.73. The van der Waals surface area contributed by atoms with Crippen LogP contribution in [0.25, 0.3) is 0 Å². The van der Waals surface area contributed by atoms with E-state index in [4.69, 9.17) is 0 Å². The minimum Gasteiger partial charge on any atom is -0.315 e. The van der Waals surface area contributed by atoms with Crippen LogP contribution >= 0.6 is 24.4 Å². The molecule has 1 nitrogen and oxygen atoms in total. The summed E-state index contributed by atoms with van der Waals surface area (Å²) < 4.78 is 0. The molecule has 8 heavy (non-hydrogen) atoms. The lowest BCUT2D eigenvalue weighted by Gasteiger charge is -2.08. The van der Waals surface area contributed by atoms with Gasteiger partial charge < -0.3 is 5.32 Å². The predicted octanol–water partition coefficient (Wildman–Crippen LogP) is 0.869. The molecule has 0 radical (unpaired) electrons. The van der Waals surface area contributed by atoms with Crippen LogP contribution in [-0.4, -0.2) is 30.9 Å². The Kier molecular flexibility index (Phi) is 8.29. The minimum absolute atomic E-state index is 1.21. The largest absolute Gasteiger partial charge is 0.315 e. The summed E-state index contributed by atoms with van der Waals surface area (Å²) in [6.45, 7) is 2.43. The number of rotatable bonds is 0. The highest BCUT2D eigenvalue weighted by Gasteiger charge is 1.93. The summed E-state index contributed by atoms with van der Waals surface area (Å²) in [5.74, 6) is 2.61. The Hall–Kier alpha value is 0.660. The van der Waals surface area contributed by atoms with Crippen LogP contribution < -0.4 is 5.32 Å². The normalized spacial score (nSPS) is 18.8. The fraction of sp³-hybridized carbons (Fsp3) is 1.00. The third-order valence-corrected chi connectivity index (χ3v) is 1.83. The third kappa shape index (κ3) is 4.81. The highest BCUT2D eigenvalue weighted by Crippen LogP contribution is 1.99. The number of nitrogens with one attached hydrogen (secondary N) is 1. The number of thiol groups is 1. The summed E-state index contributed by atoms with van der Waals surface area (Å²) in [7, 11) is 0. The van der Waals surface area contributed by atoms with Crippen LogP contribution in [0, 0.1) is 0 Å². The molecule has 0 bridgehead atoms. The average Bonchev–Trinajstić information content (AvgIpc) is 1.96. The molecule has 0 spiro atoms. The summed E-state index contributed by atoms with van der Waals surface area (Å²) in [6.07, 6.45) is 1.69. The van der Waals surface area contributed by atoms with E-state index in [1.807, 2.05) is 11.8 Å². The SMILES string of the molecule is C1CSCCN1.CS. The zero-order chi connectivity index (χ0) is 6.24. The van der Waals surface area contributed by atoms with Gasteiger partial charge in [0.2, 0.25) is 0 Å². The summed E-state index contributed by atoms with van der Waals surface area (Å²) in [6, 6.07) is 0. The third-order valence-electron chi connectivity index (χ3n) is 0.846. The smallest absolute Gasteiger partial charge is 0.00585 e. The van der Waals surface area contributed by atoms with Gasteiger partial charge in [-0.1, -0.05) is 0 Å². The maximum atomic E-state index is 3.53. The molecule has 50 valence electrons. The second kappa shape index (κ2) is 7.66. The van der Waals surface area contributed by atoms with Crippen molar-refractivity contribution in [2.45, 2.75) is 0 Å². The molecule has 0 aliphatic carbocycles. The molecule has 0 atom stereocenters. The van der Waals surface area contributed by atoms with Gasteiger partial charge in [0.25, 0.3) is 0 Å². The second-order valence-electron chi connectivity index (χ2n) is 1.36. The Bertz CT molecular complexity index is 25.9. The van der Waals surface area contributed by atoms with Crippen molar-refractivity contribution >= 4 is 24.4 Å². The van der Waals surface area contributed by atoms with Gasteiger partial charge in [0, 0.05) is 24.6 Å². The first kappa shape index (κ1) is 8.66. The van der Waals surface area contributed by atoms with Gasteiger partial charge >= 0.3 is 0 Å². The Labute approximate surface area is 61.0 Å². The van der Waals surface area contributed by atoms with Gasteiger partial charge in [0.05, 0.1) is 0 Å². The Morgan fingerprint density at radius 1 is 1.25 bits per heavy atom. The van der Waals surface area contributed by atoms with Crippen LogP contribution in [0.1, 0.15) is 0 Å². The minimum atomic E-state index is 1.21. The standard InChI is InChI=1S/C4H9NS.CH4S/c1-3-6-4-2-5-1;1-2/h5H,1-4H2;2H,1H3. The van der Waals surface area contributed by atoms with Crippen molar-refractivity contribution in [1.29, 1.82) is 0 Å². The topological polar surface area (TPSA) is 12.0 Å². The fourth-order valence-corrected chi connectivity index (χ4v) is 1.30. The summed E-state index contributed by atoms with van der Waals surface area (Å²) in [5.41, 5.74) is 0. The van der Waals surface area contributed by atoms with Crippen molar-refractivity contribution in [3.05, 3.63) is 0 Å². The first-order chi connectivity index (χ1) is 4.00. The maximum absolute atomic E-state index is 3.53. The summed E-state index contributed by atoms with van der Waals surface area (Å²) in [4.78, 5) is 0. The molecule has 1 fully saturated rings. The van der Waals surface area contributed by atoms with E-state index in [9.17, 15) is 0 Å². The Morgan fingerprint density at radius 3 is 1.88 bits per heavy atom. The number of thioether (sulfide) groups is 1. The highest BCUT2D eigenvalue weighted by molar-refractivity contribution is 7.99. The van der Waals surface area contributed by atoms with Crippen LogP contribution in [-0.2, 0) is 0 Å². The van der Waals surface area contributed by atoms with E-state index in [1.54, 1.807) is 6.26 Å². The lowest BCUT2D eigenvalue weighted by molar-refractivity contribution is 0.756. The van der Waals surface area contributed by atoms with Gasteiger partial charge in [0.15, 0.2) is 0 Å². The van der Waals surface area contributed by atoms with E-state index >= 15 is 0 Å². The first-order valence-corrected chi connectivity index (χ1v) is 4.78. The van der Waals surface area contributed by atoms with Crippen LogP contribution in [0.3, 0.4) is 0 Å². The van der Waals surface area contributed by atoms with Gasteiger partial charge in [-0.2, -0.15) is 24.4 Å². The molecule has 0 aromatic rings. The molecule has 1 saturated heterocycles. The zero-order valence-corrected chi connectivity index (χ0v) is 6.89. The molecule has 1 heterocycles. The van der Waals surface area contributed by atoms with Crippen LogP contribution in [0.15, 0.2) is 0 Å². The molecule has 0 aromatic heterocycles. The molecule has 0 saturated carbocycles. The zero-order valence-electron chi connectivity index (χ0n) is 5.18. The van der Waals surface area contributed by atoms with Gasteiger partial charge in [-0.15, -0.1) is 0 Å². The van der Waals surface area contributed by atoms with E-state index < -0.39 is 0 Å². The van der Waals surface area contributed by atoms with Crippen LogP contribution in [0.5, 0.6) is 0 Å². The van der Waals surface area contributed by atoms with Crippen molar-refractivity contribution in [3.63, 3.8) is 0 Å². The second-order valence-corrected chi connectivity index (χ2v) is 2.59. The lowest BCUT2D eigenvalue weighted by Crippen LogP contribution is -2.24. The molecule has 0 aromatic carbocycles. The van der Waals surface area contributed by atoms with E-state index in [-0.39, 0.29) is 0 Å². The van der Waals surface area contributed by atoms with E-state index in [0.717, 1.165) is 0 Å². The Balaban J connectivity index is 0.000000222. The molecule has 1 aliphatic rings.